The minimum Gasteiger partial charge on any atom is -0.485 e. The predicted molar refractivity (Wildman–Crippen MR) is 69.2 cm³/mol. The number of nitrogens with one attached hydrogen (secondary N) is 1. The van der Waals surface area contributed by atoms with E-state index in [1.807, 2.05) is 6.07 Å². The molecule has 0 aliphatic rings. The van der Waals surface area contributed by atoms with Crippen LogP contribution in [0.2, 0.25) is 0 Å². The van der Waals surface area contributed by atoms with Gasteiger partial charge >= 0.3 is 0 Å². The molecule has 102 valence electrons. The van der Waals surface area contributed by atoms with Crippen LogP contribution in [0.4, 0.5) is 4.39 Å². The predicted octanol–water partition coefficient (Wildman–Crippen LogP) is 2.89. The average Bonchev–Trinajstić information content (AvgIpc) is 2.85. The lowest BCUT2D eigenvalue weighted by Gasteiger charge is -2.02. The maximum Gasteiger partial charge on any atom is 0.174 e. The highest BCUT2D eigenvalue weighted by Crippen LogP contribution is 2.14. The first-order valence-corrected chi connectivity index (χ1v) is 6.31. The van der Waals surface area contributed by atoms with Gasteiger partial charge in [-0.15, -0.1) is 0 Å². The number of nitrogens with zero attached hydrogens (tertiary/aromatic N) is 1. The number of aromatic nitrogens is 1. The quantitative estimate of drug-likeness (QED) is 0.781. The van der Waals surface area contributed by atoms with Crippen LogP contribution in [0.25, 0.3) is 0 Å². The summed E-state index contributed by atoms with van der Waals surface area (Å²) in [7, 11) is 0. The highest BCUT2D eigenvalue weighted by molar-refractivity contribution is 5.22. The van der Waals surface area contributed by atoms with Gasteiger partial charge in [0.05, 0.1) is 5.69 Å². The second-order valence-corrected chi connectivity index (χ2v) is 4.21. The summed E-state index contributed by atoms with van der Waals surface area (Å²) in [5.74, 6) is 0.777. The van der Waals surface area contributed by atoms with Crippen molar-refractivity contribution in [3.63, 3.8) is 0 Å². The molecule has 19 heavy (non-hydrogen) atoms. The van der Waals surface area contributed by atoms with E-state index in [4.69, 9.17) is 9.26 Å². The zero-order valence-corrected chi connectivity index (χ0v) is 10.9. The first-order valence-electron chi connectivity index (χ1n) is 6.31. The van der Waals surface area contributed by atoms with Gasteiger partial charge in [0.2, 0.25) is 0 Å². The van der Waals surface area contributed by atoms with E-state index in [2.05, 4.69) is 17.4 Å². The summed E-state index contributed by atoms with van der Waals surface area (Å²) in [6.07, 6.45) is 1.08. The van der Waals surface area contributed by atoms with Crippen molar-refractivity contribution in [2.75, 3.05) is 6.54 Å². The van der Waals surface area contributed by atoms with E-state index >= 15 is 0 Å². The molecule has 0 fully saturated rings. The summed E-state index contributed by atoms with van der Waals surface area (Å²) in [4.78, 5) is 0. The van der Waals surface area contributed by atoms with Gasteiger partial charge in [0, 0.05) is 18.7 Å². The summed E-state index contributed by atoms with van der Waals surface area (Å²) >= 11 is 0. The molecule has 0 amide bonds. The van der Waals surface area contributed by atoms with E-state index in [1.165, 1.54) is 12.1 Å². The zero-order chi connectivity index (χ0) is 13.5. The number of ether oxygens (including phenoxy) is 1. The minimum absolute atomic E-state index is 0.240. The van der Waals surface area contributed by atoms with E-state index < -0.39 is 0 Å². The summed E-state index contributed by atoms with van der Waals surface area (Å²) in [5.41, 5.74) is 0.839. The topological polar surface area (TPSA) is 47.3 Å². The van der Waals surface area contributed by atoms with Crippen LogP contribution in [0.1, 0.15) is 24.8 Å². The van der Waals surface area contributed by atoms with E-state index in [1.54, 1.807) is 12.1 Å². The highest BCUT2D eigenvalue weighted by atomic mass is 19.1. The van der Waals surface area contributed by atoms with E-state index in [0.717, 1.165) is 18.7 Å². The molecule has 5 heteroatoms. The lowest BCUT2D eigenvalue weighted by atomic mass is 10.3. The lowest BCUT2D eigenvalue weighted by molar-refractivity contribution is 0.247. The molecular weight excluding hydrogens is 247 g/mol. The van der Waals surface area contributed by atoms with Gasteiger partial charge < -0.3 is 14.6 Å². The summed E-state index contributed by atoms with van der Waals surface area (Å²) in [5, 5.41) is 7.16. The molecule has 0 unspecified atom stereocenters. The Hall–Kier alpha value is -1.88. The Morgan fingerprint density at radius 1 is 1.37 bits per heavy atom. The molecule has 0 atom stereocenters. The van der Waals surface area contributed by atoms with E-state index in [9.17, 15) is 4.39 Å². The van der Waals surface area contributed by atoms with Gasteiger partial charge in [-0.1, -0.05) is 18.1 Å². The monoisotopic (exact) mass is 264 g/mol. The standard InChI is InChI=1S/C14H17FN2O2/c1-2-6-16-9-12-8-14(19-17-12)10-18-13-5-3-4-11(15)7-13/h3-5,7-8,16H,2,6,9-10H2,1H3. The lowest BCUT2D eigenvalue weighted by Crippen LogP contribution is -2.13. The Morgan fingerprint density at radius 2 is 2.26 bits per heavy atom. The zero-order valence-electron chi connectivity index (χ0n) is 10.9. The van der Waals surface area contributed by atoms with Gasteiger partial charge in [-0.25, -0.2) is 4.39 Å². The molecule has 0 aliphatic carbocycles. The average molecular weight is 264 g/mol. The van der Waals surface area contributed by atoms with Crippen molar-refractivity contribution in [1.82, 2.24) is 10.5 Å². The van der Waals surface area contributed by atoms with Crippen molar-refractivity contribution in [1.29, 1.82) is 0 Å². The van der Waals surface area contributed by atoms with Crippen molar-refractivity contribution < 1.29 is 13.7 Å². The van der Waals surface area contributed by atoms with Crippen molar-refractivity contribution in [3.8, 4) is 5.75 Å². The van der Waals surface area contributed by atoms with Crippen LogP contribution >= 0.6 is 0 Å². The van der Waals surface area contributed by atoms with Gasteiger partial charge in [-0.05, 0) is 25.1 Å². The summed E-state index contributed by atoms with van der Waals surface area (Å²) < 4.78 is 23.5. The SMILES string of the molecule is CCCNCc1cc(COc2cccc(F)c2)on1. The van der Waals surface area contributed by atoms with Crippen LogP contribution in [0.15, 0.2) is 34.9 Å². The second-order valence-electron chi connectivity index (χ2n) is 4.21. The second kappa shape index (κ2) is 6.89. The molecule has 2 aromatic rings. The first kappa shape index (κ1) is 13.5. The fraction of sp³-hybridized carbons (Fsp3) is 0.357. The third-order valence-corrected chi connectivity index (χ3v) is 2.52. The molecule has 1 aromatic carbocycles. The van der Waals surface area contributed by atoms with Gasteiger partial charge in [-0.2, -0.15) is 0 Å². The Morgan fingerprint density at radius 3 is 3.05 bits per heavy atom. The van der Waals surface area contributed by atoms with Crippen molar-refractivity contribution >= 4 is 0 Å². The molecule has 1 N–H and O–H groups in total. The Labute approximate surface area is 111 Å². The number of hydrogen-bond acceptors (Lipinski definition) is 4. The molecule has 0 bridgehead atoms. The van der Waals surface area contributed by atoms with Gasteiger partial charge in [-0.3, -0.25) is 0 Å². The number of rotatable bonds is 7. The minimum atomic E-state index is -0.320. The van der Waals surface area contributed by atoms with Crippen LogP contribution in [0.5, 0.6) is 5.75 Å². The molecule has 2 rings (SSSR count). The summed E-state index contributed by atoms with van der Waals surface area (Å²) in [6, 6.07) is 7.84. The van der Waals surface area contributed by atoms with Crippen LogP contribution in [0.3, 0.4) is 0 Å². The maximum atomic E-state index is 12.9. The molecule has 0 saturated heterocycles. The van der Waals surface area contributed by atoms with Crippen molar-refractivity contribution in [3.05, 3.63) is 47.6 Å². The van der Waals surface area contributed by atoms with E-state index in [-0.39, 0.29) is 12.4 Å². The third kappa shape index (κ3) is 4.37. The van der Waals surface area contributed by atoms with Crippen LogP contribution in [-0.4, -0.2) is 11.7 Å². The molecule has 0 saturated carbocycles. The third-order valence-electron chi connectivity index (χ3n) is 2.52. The number of halogens is 1. The molecule has 4 nitrogen and oxygen atoms in total. The Balaban J connectivity index is 1.83. The first-order chi connectivity index (χ1) is 9.28. The normalized spacial score (nSPS) is 10.6. The molecule has 1 aromatic heterocycles. The van der Waals surface area contributed by atoms with Gasteiger partial charge in [0.25, 0.3) is 0 Å². The van der Waals surface area contributed by atoms with E-state index in [0.29, 0.717) is 18.1 Å². The fourth-order valence-electron chi connectivity index (χ4n) is 1.61. The molecule has 1 heterocycles. The van der Waals surface area contributed by atoms with Gasteiger partial charge in [0.15, 0.2) is 5.76 Å². The Kier molecular flexibility index (Phi) is 4.92. The molecule has 0 spiro atoms. The highest BCUT2D eigenvalue weighted by Gasteiger charge is 2.05. The maximum absolute atomic E-state index is 12.9. The van der Waals surface area contributed by atoms with Crippen molar-refractivity contribution in [2.45, 2.75) is 26.5 Å². The number of hydrogen-bond donors (Lipinski definition) is 1. The number of benzene rings is 1. The Bertz CT molecular complexity index is 514. The molecule has 0 aliphatic heterocycles. The molecular formula is C14H17FN2O2. The van der Waals surface area contributed by atoms with Crippen LogP contribution in [0, 0.1) is 5.82 Å². The van der Waals surface area contributed by atoms with Crippen LogP contribution in [-0.2, 0) is 13.2 Å². The largest absolute Gasteiger partial charge is 0.485 e. The smallest absolute Gasteiger partial charge is 0.174 e. The van der Waals surface area contributed by atoms with Gasteiger partial charge in [0.1, 0.15) is 18.2 Å². The fourth-order valence-corrected chi connectivity index (χ4v) is 1.61. The summed E-state index contributed by atoms with van der Waals surface area (Å²) in [6.45, 7) is 3.97. The van der Waals surface area contributed by atoms with Crippen LogP contribution < -0.4 is 10.1 Å². The van der Waals surface area contributed by atoms with Crippen molar-refractivity contribution in [2.24, 2.45) is 0 Å². The molecule has 0 radical (unpaired) electrons.